The first kappa shape index (κ1) is 13.9. The van der Waals surface area contributed by atoms with E-state index in [9.17, 15) is 4.79 Å². The van der Waals surface area contributed by atoms with Crippen LogP contribution in [0.1, 0.15) is 70.6 Å². The summed E-state index contributed by atoms with van der Waals surface area (Å²) >= 11 is 0. The third-order valence-corrected chi connectivity index (χ3v) is 4.59. The molecule has 2 aliphatic carbocycles. The van der Waals surface area contributed by atoms with Crippen LogP contribution >= 0.6 is 0 Å². The zero-order valence-corrected chi connectivity index (χ0v) is 11.5. The van der Waals surface area contributed by atoms with Gasteiger partial charge in [-0.05, 0) is 38.5 Å². The summed E-state index contributed by atoms with van der Waals surface area (Å²) in [6, 6.07) is 0.767. The zero-order valence-electron chi connectivity index (χ0n) is 11.5. The number of amides is 1. The van der Waals surface area contributed by atoms with Crippen LogP contribution in [0.15, 0.2) is 0 Å². The van der Waals surface area contributed by atoms with Gasteiger partial charge < -0.3 is 11.1 Å². The fourth-order valence-corrected chi connectivity index (χ4v) is 3.30. The van der Waals surface area contributed by atoms with Gasteiger partial charge in [-0.1, -0.05) is 32.1 Å². The van der Waals surface area contributed by atoms with Crippen molar-refractivity contribution in [2.75, 3.05) is 0 Å². The van der Waals surface area contributed by atoms with E-state index in [1.807, 2.05) is 0 Å². The maximum Gasteiger partial charge on any atom is 0.223 e. The topological polar surface area (TPSA) is 55.1 Å². The molecule has 2 saturated carbocycles. The summed E-state index contributed by atoms with van der Waals surface area (Å²) in [6.45, 7) is 0. The van der Waals surface area contributed by atoms with Crippen molar-refractivity contribution in [2.24, 2.45) is 11.7 Å². The quantitative estimate of drug-likeness (QED) is 0.794. The van der Waals surface area contributed by atoms with Gasteiger partial charge in [-0.3, -0.25) is 4.79 Å². The standard InChI is InChI=1S/C15H28N2O/c16-13-10-8-12(9-11-13)15(18)17-14-6-4-2-1-3-5-7-14/h12-14H,1-11,16H2,(H,17,18). The highest BCUT2D eigenvalue weighted by Gasteiger charge is 2.26. The molecule has 2 fully saturated rings. The molecule has 0 aromatic carbocycles. The number of nitrogens with two attached hydrogens (primary N) is 1. The molecule has 0 radical (unpaired) electrons. The molecule has 0 saturated heterocycles. The van der Waals surface area contributed by atoms with Gasteiger partial charge in [0.05, 0.1) is 0 Å². The average molecular weight is 252 g/mol. The molecule has 0 bridgehead atoms. The van der Waals surface area contributed by atoms with E-state index < -0.39 is 0 Å². The first-order valence-corrected chi connectivity index (χ1v) is 7.81. The predicted octanol–water partition coefficient (Wildman–Crippen LogP) is 2.73. The molecule has 3 heteroatoms. The lowest BCUT2D eigenvalue weighted by Crippen LogP contribution is -2.41. The first-order chi connectivity index (χ1) is 8.75. The molecule has 0 aliphatic heterocycles. The molecule has 0 heterocycles. The van der Waals surface area contributed by atoms with Crippen LogP contribution < -0.4 is 11.1 Å². The molecule has 2 aliphatic rings. The maximum absolute atomic E-state index is 12.2. The van der Waals surface area contributed by atoms with Crippen molar-refractivity contribution in [3.05, 3.63) is 0 Å². The summed E-state index contributed by atoms with van der Waals surface area (Å²) in [5, 5.41) is 3.29. The first-order valence-electron chi connectivity index (χ1n) is 7.81. The number of carbonyl (C=O) groups excluding carboxylic acids is 1. The highest BCUT2D eigenvalue weighted by molar-refractivity contribution is 5.79. The van der Waals surface area contributed by atoms with E-state index in [0.717, 1.165) is 25.7 Å². The van der Waals surface area contributed by atoms with Crippen molar-refractivity contribution in [1.29, 1.82) is 0 Å². The summed E-state index contributed by atoms with van der Waals surface area (Å²) in [5.74, 6) is 0.530. The van der Waals surface area contributed by atoms with Gasteiger partial charge in [0.15, 0.2) is 0 Å². The Labute approximate surface area is 111 Å². The molecule has 18 heavy (non-hydrogen) atoms. The summed E-state index contributed by atoms with van der Waals surface area (Å²) in [7, 11) is 0. The Morgan fingerprint density at radius 1 is 0.833 bits per heavy atom. The van der Waals surface area contributed by atoms with Crippen molar-refractivity contribution in [1.82, 2.24) is 5.32 Å². The van der Waals surface area contributed by atoms with Gasteiger partial charge in [-0.2, -0.15) is 0 Å². The van der Waals surface area contributed by atoms with E-state index in [1.165, 1.54) is 44.9 Å². The van der Waals surface area contributed by atoms with Gasteiger partial charge >= 0.3 is 0 Å². The van der Waals surface area contributed by atoms with E-state index >= 15 is 0 Å². The van der Waals surface area contributed by atoms with Gasteiger partial charge in [-0.15, -0.1) is 0 Å². The molecule has 0 unspecified atom stereocenters. The summed E-state index contributed by atoms with van der Waals surface area (Å²) < 4.78 is 0. The van der Waals surface area contributed by atoms with Crippen molar-refractivity contribution in [3.8, 4) is 0 Å². The minimum absolute atomic E-state index is 0.232. The van der Waals surface area contributed by atoms with Gasteiger partial charge in [-0.25, -0.2) is 0 Å². The molecule has 2 rings (SSSR count). The van der Waals surface area contributed by atoms with E-state index in [-0.39, 0.29) is 5.92 Å². The lowest BCUT2D eigenvalue weighted by molar-refractivity contribution is -0.126. The van der Waals surface area contributed by atoms with Crippen LogP contribution in [0.5, 0.6) is 0 Å². The van der Waals surface area contributed by atoms with Gasteiger partial charge in [0.25, 0.3) is 0 Å². The lowest BCUT2D eigenvalue weighted by atomic mass is 9.85. The van der Waals surface area contributed by atoms with Crippen molar-refractivity contribution in [3.63, 3.8) is 0 Å². The van der Waals surface area contributed by atoms with Crippen LogP contribution in [-0.4, -0.2) is 18.0 Å². The smallest absolute Gasteiger partial charge is 0.223 e. The largest absolute Gasteiger partial charge is 0.353 e. The Kier molecular flexibility index (Phi) is 5.48. The number of rotatable bonds is 2. The average Bonchev–Trinajstić information content (AvgIpc) is 2.33. The predicted molar refractivity (Wildman–Crippen MR) is 74.2 cm³/mol. The normalized spacial score (nSPS) is 31.4. The molecule has 0 aromatic rings. The molecule has 3 nitrogen and oxygen atoms in total. The molecule has 104 valence electrons. The second kappa shape index (κ2) is 7.13. The molecule has 0 spiro atoms. The summed E-state index contributed by atoms with van der Waals surface area (Å²) in [4.78, 5) is 12.2. The minimum Gasteiger partial charge on any atom is -0.353 e. The fraction of sp³-hybridized carbons (Fsp3) is 0.933. The van der Waals surface area contributed by atoms with Crippen LogP contribution in [0.4, 0.5) is 0 Å². The molecule has 1 amide bonds. The fourth-order valence-electron chi connectivity index (χ4n) is 3.30. The van der Waals surface area contributed by atoms with Crippen molar-refractivity contribution < 1.29 is 4.79 Å². The summed E-state index contributed by atoms with van der Waals surface area (Å²) in [6.07, 6.45) is 13.0. The molecule has 3 N–H and O–H groups in total. The third kappa shape index (κ3) is 4.27. The van der Waals surface area contributed by atoms with Crippen LogP contribution in [0.25, 0.3) is 0 Å². The highest BCUT2D eigenvalue weighted by atomic mass is 16.1. The molecule has 0 aromatic heterocycles. The second-order valence-corrected chi connectivity index (χ2v) is 6.16. The summed E-state index contributed by atoms with van der Waals surface area (Å²) in [5.41, 5.74) is 5.89. The van der Waals surface area contributed by atoms with E-state index in [4.69, 9.17) is 5.73 Å². The monoisotopic (exact) mass is 252 g/mol. The van der Waals surface area contributed by atoms with Crippen molar-refractivity contribution >= 4 is 5.91 Å². The van der Waals surface area contributed by atoms with Crippen LogP contribution in [0.2, 0.25) is 0 Å². The second-order valence-electron chi connectivity index (χ2n) is 6.16. The minimum atomic E-state index is 0.232. The SMILES string of the molecule is NC1CCC(C(=O)NC2CCCCCCC2)CC1. The van der Waals surface area contributed by atoms with Gasteiger partial charge in [0, 0.05) is 18.0 Å². The Morgan fingerprint density at radius 2 is 1.39 bits per heavy atom. The zero-order chi connectivity index (χ0) is 12.8. The number of carbonyl (C=O) groups is 1. The molecular weight excluding hydrogens is 224 g/mol. The van der Waals surface area contributed by atoms with E-state index in [2.05, 4.69) is 5.32 Å². The van der Waals surface area contributed by atoms with Crippen molar-refractivity contribution in [2.45, 2.75) is 82.7 Å². The third-order valence-electron chi connectivity index (χ3n) is 4.59. The van der Waals surface area contributed by atoms with E-state index in [0.29, 0.717) is 18.0 Å². The van der Waals surface area contributed by atoms with Crippen LogP contribution in [0, 0.1) is 5.92 Å². The Balaban J connectivity index is 1.75. The maximum atomic E-state index is 12.2. The highest BCUT2D eigenvalue weighted by Crippen LogP contribution is 2.24. The van der Waals surface area contributed by atoms with Crippen LogP contribution in [0.3, 0.4) is 0 Å². The number of nitrogens with one attached hydrogen (secondary N) is 1. The Bertz CT molecular complexity index is 251. The molecule has 0 atom stereocenters. The number of hydrogen-bond acceptors (Lipinski definition) is 2. The van der Waals surface area contributed by atoms with Gasteiger partial charge in [0.1, 0.15) is 0 Å². The Hall–Kier alpha value is -0.570. The Morgan fingerprint density at radius 3 is 2.00 bits per heavy atom. The van der Waals surface area contributed by atoms with Crippen LogP contribution in [-0.2, 0) is 4.79 Å². The van der Waals surface area contributed by atoms with E-state index in [1.54, 1.807) is 0 Å². The lowest BCUT2D eigenvalue weighted by Gasteiger charge is -2.28. The van der Waals surface area contributed by atoms with Gasteiger partial charge in [0.2, 0.25) is 5.91 Å². The molecular formula is C15H28N2O. The number of hydrogen-bond donors (Lipinski definition) is 2.